The highest BCUT2D eigenvalue weighted by molar-refractivity contribution is 9.10. The molecule has 0 atom stereocenters. The van der Waals surface area contributed by atoms with Gasteiger partial charge in [-0.05, 0) is 28.1 Å². The van der Waals surface area contributed by atoms with E-state index in [0.29, 0.717) is 0 Å². The molecule has 0 spiro atoms. The van der Waals surface area contributed by atoms with Crippen LogP contribution in [0.1, 0.15) is 5.82 Å². The molecule has 1 aromatic carbocycles. The van der Waals surface area contributed by atoms with Gasteiger partial charge in [-0.1, -0.05) is 0 Å². The minimum absolute atomic E-state index is 0.111. The molecule has 9 heteroatoms. The van der Waals surface area contributed by atoms with Crippen LogP contribution in [0.4, 0.5) is 27.8 Å². The van der Waals surface area contributed by atoms with Crippen molar-refractivity contribution in [2.75, 3.05) is 5.73 Å². The fraction of sp³-hybridized carbons (Fsp3) is 0.0909. The van der Waals surface area contributed by atoms with Gasteiger partial charge < -0.3 is 5.73 Å². The Hall–Kier alpha value is -1.77. The molecular formula is C11H5BrF5N3. The predicted molar refractivity (Wildman–Crippen MR) is 64.5 cm³/mol. The number of benzene rings is 1. The van der Waals surface area contributed by atoms with Crippen LogP contribution in [0.25, 0.3) is 11.3 Å². The number of nitrogens with zero attached hydrogens (tertiary/aromatic N) is 2. The summed E-state index contributed by atoms with van der Waals surface area (Å²) in [6, 6.07) is 2.85. The SMILES string of the molecule is Nc1cc(-c2c(F)ccc(Br)c2F)nc(C(F)(F)F)n1. The molecule has 1 aromatic heterocycles. The Bertz CT molecular complexity index is 672. The van der Waals surface area contributed by atoms with Crippen molar-refractivity contribution >= 4 is 21.7 Å². The third-order valence-electron chi connectivity index (χ3n) is 2.30. The van der Waals surface area contributed by atoms with Gasteiger partial charge in [0.05, 0.1) is 15.7 Å². The van der Waals surface area contributed by atoms with Crippen molar-refractivity contribution in [1.82, 2.24) is 9.97 Å². The Morgan fingerprint density at radius 2 is 1.75 bits per heavy atom. The van der Waals surface area contributed by atoms with Crippen LogP contribution < -0.4 is 5.73 Å². The fourth-order valence-corrected chi connectivity index (χ4v) is 1.81. The van der Waals surface area contributed by atoms with Crippen molar-refractivity contribution in [3.63, 3.8) is 0 Å². The van der Waals surface area contributed by atoms with Gasteiger partial charge in [-0.15, -0.1) is 0 Å². The first-order valence-corrected chi connectivity index (χ1v) is 5.85. The van der Waals surface area contributed by atoms with Crippen molar-refractivity contribution < 1.29 is 22.0 Å². The number of anilines is 1. The summed E-state index contributed by atoms with van der Waals surface area (Å²) in [6.07, 6.45) is -4.87. The molecular weight excluding hydrogens is 349 g/mol. The van der Waals surface area contributed by atoms with E-state index in [1.165, 1.54) is 0 Å². The molecule has 2 N–H and O–H groups in total. The largest absolute Gasteiger partial charge is 0.451 e. The summed E-state index contributed by atoms with van der Waals surface area (Å²) in [4.78, 5) is 6.12. The second-order valence-corrected chi connectivity index (χ2v) is 4.57. The van der Waals surface area contributed by atoms with Crippen LogP contribution >= 0.6 is 15.9 Å². The smallest absolute Gasteiger partial charge is 0.384 e. The maximum absolute atomic E-state index is 13.8. The highest BCUT2D eigenvalue weighted by atomic mass is 79.9. The molecule has 20 heavy (non-hydrogen) atoms. The van der Waals surface area contributed by atoms with E-state index in [2.05, 4.69) is 25.9 Å². The van der Waals surface area contributed by atoms with Gasteiger partial charge in [0.25, 0.3) is 0 Å². The lowest BCUT2D eigenvalue weighted by Crippen LogP contribution is -2.13. The van der Waals surface area contributed by atoms with Crippen LogP contribution in [0, 0.1) is 11.6 Å². The number of rotatable bonds is 1. The van der Waals surface area contributed by atoms with E-state index in [9.17, 15) is 22.0 Å². The normalized spacial score (nSPS) is 11.7. The third-order valence-corrected chi connectivity index (χ3v) is 2.91. The lowest BCUT2D eigenvalue weighted by Gasteiger charge is -2.10. The first kappa shape index (κ1) is 14.6. The number of hydrogen-bond acceptors (Lipinski definition) is 3. The quantitative estimate of drug-likeness (QED) is 0.626. The minimum Gasteiger partial charge on any atom is -0.384 e. The highest BCUT2D eigenvalue weighted by Gasteiger charge is 2.35. The molecule has 0 amide bonds. The highest BCUT2D eigenvalue weighted by Crippen LogP contribution is 2.33. The molecule has 0 aliphatic carbocycles. The van der Waals surface area contributed by atoms with Gasteiger partial charge >= 0.3 is 6.18 Å². The molecule has 0 aliphatic rings. The van der Waals surface area contributed by atoms with Crippen molar-refractivity contribution in [3.8, 4) is 11.3 Å². The van der Waals surface area contributed by atoms with Gasteiger partial charge in [0, 0.05) is 6.07 Å². The summed E-state index contributed by atoms with van der Waals surface area (Å²) in [6.45, 7) is 0. The number of alkyl halides is 3. The Labute approximate surface area is 117 Å². The van der Waals surface area contributed by atoms with Crippen LogP contribution in [-0.4, -0.2) is 9.97 Å². The molecule has 106 valence electrons. The van der Waals surface area contributed by atoms with Crippen LogP contribution in [0.2, 0.25) is 0 Å². The molecule has 2 rings (SSSR count). The van der Waals surface area contributed by atoms with E-state index in [1.54, 1.807) is 0 Å². The summed E-state index contributed by atoms with van der Waals surface area (Å²) in [5.74, 6) is -4.24. The summed E-state index contributed by atoms with van der Waals surface area (Å²) in [5.41, 5.74) is 3.93. The summed E-state index contributed by atoms with van der Waals surface area (Å²) < 4.78 is 65.1. The average Bonchev–Trinajstić information content (AvgIpc) is 2.33. The van der Waals surface area contributed by atoms with Crippen molar-refractivity contribution in [1.29, 1.82) is 0 Å². The van der Waals surface area contributed by atoms with E-state index >= 15 is 0 Å². The van der Waals surface area contributed by atoms with Crippen molar-refractivity contribution in [2.24, 2.45) is 0 Å². The minimum atomic E-state index is -4.87. The summed E-state index contributed by atoms with van der Waals surface area (Å²) in [7, 11) is 0. The Morgan fingerprint density at radius 3 is 2.35 bits per heavy atom. The topological polar surface area (TPSA) is 51.8 Å². The molecule has 3 nitrogen and oxygen atoms in total. The number of nitrogen functional groups attached to an aromatic ring is 1. The average molecular weight is 354 g/mol. The molecule has 2 aromatic rings. The van der Waals surface area contributed by atoms with Crippen LogP contribution in [0.15, 0.2) is 22.7 Å². The van der Waals surface area contributed by atoms with E-state index in [1.807, 2.05) is 0 Å². The first-order valence-electron chi connectivity index (χ1n) is 5.06. The zero-order chi connectivity index (χ0) is 15.1. The van der Waals surface area contributed by atoms with Gasteiger partial charge in [0.1, 0.15) is 17.5 Å². The Balaban J connectivity index is 2.71. The number of nitrogens with two attached hydrogens (primary N) is 1. The molecule has 0 bridgehead atoms. The van der Waals surface area contributed by atoms with Crippen molar-refractivity contribution in [2.45, 2.75) is 6.18 Å². The number of aromatic nitrogens is 2. The van der Waals surface area contributed by atoms with Gasteiger partial charge in [0.15, 0.2) is 0 Å². The van der Waals surface area contributed by atoms with E-state index < -0.39 is 40.7 Å². The number of halogens is 6. The lowest BCUT2D eigenvalue weighted by atomic mass is 10.1. The molecule has 0 unspecified atom stereocenters. The molecule has 1 heterocycles. The molecule has 0 fully saturated rings. The molecule has 0 radical (unpaired) electrons. The van der Waals surface area contributed by atoms with Gasteiger partial charge in [-0.3, -0.25) is 0 Å². The maximum Gasteiger partial charge on any atom is 0.451 e. The van der Waals surface area contributed by atoms with Gasteiger partial charge in [0.2, 0.25) is 5.82 Å². The Morgan fingerprint density at radius 1 is 1.10 bits per heavy atom. The second kappa shape index (κ2) is 4.97. The fourth-order valence-electron chi connectivity index (χ4n) is 1.48. The Kier molecular flexibility index (Phi) is 3.63. The first-order chi connectivity index (χ1) is 9.20. The van der Waals surface area contributed by atoms with Gasteiger partial charge in [-0.2, -0.15) is 13.2 Å². The van der Waals surface area contributed by atoms with E-state index in [0.717, 1.165) is 18.2 Å². The zero-order valence-corrected chi connectivity index (χ0v) is 11.1. The molecule has 0 saturated heterocycles. The lowest BCUT2D eigenvalue weighted by molar-refractivity contribution is -0.144. The second-order valence-electron chi connectivity index (χ2n) is 3.72. The molecule has 0 aliphatic heterocycles. The maximum atomic E-state index is 13.8. The third kappa shape index (κ3) is 2.72. The molecule has 0 saturated carbocycles. The van der Waals surface area contributed by atoms with E-state index in [-0.39, 0.29) is 4.47 Å². The number of hydrogen-bond donors (Lipinski definition) is 1. The zero-order valence-electron chi connectivity index (χ0n) is 9.47. The van der Waals surface area contributed by atoms with Crippen LogP contribution in [-0.2, 0) is 6.18 Å². The summed E-state index contributed by atoms with van der Waals surface area (Å²) in [5, 5.41) is 0. The van der Waals surface area contributed by atoms with E-state index in [4.69, 9.17) is 5.73 Å². The van der Waals surface area contributed by atoms with Crippen LogP contribution in [0.3, 0.4) is 0 Å². The van der Waals surface area contributed by atoms with Crippen LogP contribution in [0.5, 0.6) is 0 Å². The standard InChI is InChI=1S/C11H5BrF5N3/c12-4-1-2-5(13)8(9(4)14)6-3-7(18)20-10(19-6)11(15,16)17/h1-3H,(H2,18,19,20). The predicted octanol–water partition coefficient (Wildman–Crippen LogP) is 3.79. The van der Waals surface area contributed by atoms with Gasteiger partial charge in [-0.25, -0.2) is 18.7 Å². The summed E-state index contributed by atoms with van der Waals surface area (Å²) >= 11 is 2.82. The monoisotopic (exact) mass is 353 g/mol. The van der Waals surface area contributed by atoms with Crippen molar-refractivity contribution in [3.05, 3.63) is 40.1 Å².